The number of nitrogens with zero attached hydrogens (tertiary/aromatic N) is 2. The first kappa shape index (κ1) is 17.0. The van der Waals surface area contributed by atoms with E-state index in [1.54, 1.807) is 0 Å². The van der Waals surface area contributed by atoms with Crippen molar-refractivity contribution in [3.63, 3.8) is 0 Å². The van der Waals surface area contributed by atoms with Crippen LogP contribution in [0.5, 0.6) is 5.75 Å². The van der Waals surface area contributed by atoms with Gasteiger partial charge in [0, 0.05) is 6.07 Å². The zero-order valence-corrected chi connectivity index (χ0v) is 12.6. The first-order chi connectivity index (χ1) is 6.02. The summed E-state index contributed by atoms with van der Waals surface area (Å²) in [5.74, 6) is -0.837. The number of hydrogen-bond acceptors (Lipinski definition) is 5. The molecule has 1 aromatic carbocycles. The van der Waals surface area contributed by atoms with Gasteiger partial charge >= 0.3 is 58.2 Å². The minimum absolute atomic E-state index is 0. The van der Waals surface area contributed by atoms with Gasteiger partial charge in [-0.2, -0.15) is 0 Å². The van der Waals surface area contributed by atoms with Crippen LogP contribution in [-0.4, -0.2) is 15.3 Å². The molecule has 0 bridgehead atoms. The number of benzene rings is 1. The molecule has 0 aliphatic carbocycles. The van der Waals surface area contributed by atoms with E-state index >= 15 is 0 Å². The van der Waals surface area contributed by atoms with Crippen LogP contribution in [0.3, 0.4) is 0 Å². The van der Waals surface area contributed by atoms with Crippen LogP contribution < -0.4 is 63.3 Å². The molecule has 1 rings (SSSR count). The Labute approximate surface area is 132 Å². The fraction of sp³-hybridized carbons (Fsp3) is 0. The largest absolute Gasteiger partial charge is 1.00 e. The Morgan fingerprint density at radius 2 is 1.60 bits per heavy atom. The molecule has 0 saturated heterocycles. The Bertz CT molecular complexity index is 382. The van der Waals surface area contributed by atoms with Gasteiger partial charge in [-0.15, -0.1) is 0 Å². The molecule has 0 aromatic heterocycles. The van der Waals surface area contributed by atoms with Gasteiger partial charge in [0.15, 0.2) is 0 Å². The molecule has 0 amide bonds. The molecule has 0 saturated carbocycles. The zero-order chi connectivity index (χ0) is 10.0. The van der Waals surface area contributed by atoms with Gasteiger partial charge in [0.05, 0.1) is 15.9 Å². The predicted molar refractivity (Wildman–Crippen MR) is 42.8 cm³/mol. The van der Waals surface area contributed by atoms with Gasteiger partial charge in [-0.05, 0) is 5.75 Å². The summed E-state index contributed by atoms with van der Waals surface area (Å²) in [6.07, 6.45) is 0. The van der Waals surface area contributed by atoms with Gasteiger partial charge in [-0.3, -0.25) is 20.2 Å². The molecular weight excluding hydrogens is 282 g/mol. The van der Waals surface area contributed by atoms with E-state index < -0.39 is 27.0 Å². The molecule has 76 valence electrons. The van der Waals surface area contributed by atoms with E-state index in [1.807, 2.05) is 0 Å². The van der Waals surface area contributed by atoms with Crippen molar-refractivity contribution in [2.45, 2.75) is 0 Å². The standard InChI is InChI=1S/C6H4N2O5.H2O.Rb/c9-6-2-1-4(7(10)11)3-5(6)8(12)13;;/h1-3,9H;1H2;/q;;+1/p-1. The molecule has 1 aromatic rings. The summed E-state index contributed by atoms with van der Waals surface area (Å²) in [4.78, 5) is 18.6. The molecular formula is C6H5N2O6Rb. The first-order valence-electron chi connectivity index (χ1n) is 3.12. The van der Waals surface area contributed by atoms with Crippen LogP contribution in [0.15, 0.2) is 18.2 Å². The first-order valence-corrected chi connectivity index (χ1v) is 3.12. The van der Waals surface area contributed by atoms with E-state index in [0.717, 1.165) is 12.1 Å². The second-order valence-electron chi connectivity index (χ2n) is 2.17. The molecule has 0 radical (unpaired) electrons. The average molecular weight is 287 g/mol. The Hall–Kier alpha value is -0.415. The Morgan fingerprint density at radius 3 is 2.00 bits per heavy atom. The van der Waals surface area contributed by atoms with Gasteiger partial charge in [0.2, 0.25) is 0 Å². The molecule has 0 fully saturated rings. The third-order valence-electron chi connectivity index (χ3n) is 1.35. The molecule has 0 aliphatic heterocycles. The van der Waals surface area contributed by atoms with Crippen LogP contribution in [0.25, 0.3) is 0 Å². The van der Waals surface area contributed by atoms with Crippen molar-refractivity contribution in [1.29, 1.82) is 0 Å². The summed E-state index contributed by atoms with van der Waals surface area (Å²) in [5.41, 5.74) is -1.25. The van der Waals surface area contributed by atoms with Crippen LogP contribution in [0, 0.1) is 20.2 Å². The number of nitro benzene ring substituents is 2. The van der Waals surface area contributed by atoms with Crippen LogP contribution in [0.2, 0.25) is 0 Å². The van der Waals surface area contributed by atoms with E-state index in [4.69, 9.17) is 0 Å². The molecule has 0 spiro atoms. The van der Waals surface area contributed by atoms with Gasteiger partial charge in [-0.25, -0.2) is 0 Å². The van der Waals surface area contributed by atoms with Crippen LogP contribution in [-0.2, 0) is 0 Å². The fourth-order valence-electron chi connectivity index (χ4n) is 0.762. The van der Waals surface area contributed by atoms with Gasteiger partial charge in [-0.1, -0.05) is 6.07 Å². The maximum absolute atomic E-state index is 10.8. The van der Waals surface area contributed by atoms with Crippen molar-refractivity contribution < 1.29 is 78.6 Å². The molecule has 8 nitrogen and oxygen atoms in total. The maximum atomic E-state index is 10.8. The zero-order valence-electron chi connectivity index (χ0n) is 7.67. The molecule has 0 aliphatic rings. The molecule has 0 atom stereocenters. The molecule has 9 heteroatoms. The van der Waals surface area contributed by atoms with Gasteiger partial charge in [0.1, 0.15) is 0 Å². The Kier molecular flexibility index (Phi) is 7.88. The minimum atomic E-state index is -0.949. The summed E-state index contributed by atoms with van der Waals surface area (Å²) >= 11 is 0. The minimum Gasteiger partial charge on any atom is -0.868 e. The number of non-ortho nitro benzene ring substituents is 1. The SMILES string of the molecule is O.O=[N+]([O-])c1ccc([O-])c([N+](=O)[O-])c1.[Rb+]. The topological polar surface area (TPSA) is 141 Å². The number of hydrogen-bond donors (Lipinski definition) is 0. The number of rotatable bonds is 2. The molecule has 2 N–H and O–H groups in total. The van der Waals surface area contributed by atoms with E-state index in [0.29, 0.717) is 6.07 Å². The predicted octanol–water partition coefficient (Wildman–Crippen LogP) is -3.24. The average Bonchev–Trinajstić information content (AvgIpc) is 2.04. The summed E-state index contributed by atoms with van der Waals surface area (Å²) in [6.45, 7) is 0. The van der Waals surface area contributed by atoms with E-state index in [2.05, 4.69) is 0 Å². The fourth-order valence-corrected chi connectivity index (χ4v) is 0.762. The quantitative estimate of drug-likeness (QED) is 0.415. The van der Waals surface area contributed by atoms with Crippen molar-refractivity contribution >= 4 is 11.4 Å². The summed E-state index contributed by atoms with van der Waals surface area (Å²) < 4.78 is 0. The van der Waals surface area contributed by atoms with Gasteiger partial charge < -0.3 is 10.6 Å². The van der Waals surface area contributed by atoms with E-state index in [-0.39, 0.29) is 63.7 Å². The monoisotopic (exact) mass is 286 g/mol. The summed E-state index contributed by atoms with van der Waals surface area (Å²) in [6, 6.07) is 2.37. The van der Waals surface area contributed by atoms with E-state index in [1.165, 1.54) is 0 Å². The van der Waals surface area contributed by atoms with Crippen molar-refractivity contribution in [2.75, 3.05) is 0 Å². The van der Waals surface area contributed by atoms with Crippen LogP contribution in [0.4, 0.5) is 11.4 Å². The van der Waals surface area contributed by atoms with Crippen LogP contribution in [0.1, 0.15) is 0 Å². The number of nitro groups is 2. The second kappa shape index (κ2) is 6.96. The normalized spacial score (nSPS) is 8.27. The van der Waals surface area contributed by atoms with Crippen molar-refractivity contribution in [3.8, 4) is 5.75 Å². The third-order valence-corrected chi connectivity index (χ3v) is 1.35. The maximum Gasteiger partial charge on any atom is 1.00 e. The second-order valence-corrected chi connectivity index (χ2v) is 2.17. The molecule has 15 heavy (non-hydrogen) atoms. The molecule has 0 unspecified atom stereocenters. The summed E-state index contributed by atoms with van der Waals surface area (Å²) in [5, 5.41) is 31.1. The van der Waals surface area contributed by atoms with E-state index in [9.17, 15) is 25.3 Å². The smallest absolute Gasteiger partial charge is 0.868 e. The Balaban J connectivity index is 0. The Morgan fingerprint density at radius 1 is 1.07 bits per heavy atom. The van der Waals surface area contributed by atoms with Crippen molar-refractivity contribution in [3.05, 3.63) is 38.4 Å². The van der Waals surface area contributed by atoms with Crippen molar-refractivity contribution in [1.82, 2.24) is 0 Å². The van der Waals surface area contributed by atoms with Crippen molar-refractivity contribution in [2.24, 2.45) is 0 Å². The van der Waals surface area contributed by atoms with Crippen LogP contribution >= 0.6 is 0 Å². The molecule has 0 heterocycles. The van der Waals surface area contributed by atoms with Gasteiger partial charge in [0.25, 0.3) is 11.4 Å². The summed E-state index contributed by atoms with van der Waals surface area (Å²) in [7, 11) is 0. The third kappa shape index (κ3) is 4.30.